The number of nitrogens with zero attached hydrogens (tertiary/aromatic N) is 3. The van der Waals surface area contributed by atoms with Gasteiger partial charge in [0.1, 0.15) is 6.54 Å². The summed E-state index contributed by atoms with van der Waals surface area (Å²) in [5.74, 6) is 1.27. The van der Waals surface area contributed by atoms with Crippen molar-refractivity contribution in [2.45, 2.75) is 26.3 Å². The highest BCUT2D eigenvalue weighted by Gasteiger charge is 2.11. The number of aromatic nitrogens is 3. The van der Waals surface area contributed by atoms with Gasteiger partial charge in [0, 0.05) is 16.6 Å². The predicted molar refractivity (Wildman–Crippen MR) is 73.6 cm³/mol. The Morgan fingerprint density at radius 2 is 2.17 bits per heavy atom. The summed E-state index contributed by atoms with van der Waals surface area (Å²) in [5.41, 5.74) is -0.137. The molecule has 0 radical (unpaired) electrons. The zero-order valence-corrected chi connectivity index (χ0v) is 13.0. The number of pyridine rings is 1. The summed E-state index contributed by atoms with van der Waals surface area (Å²) in [6.07, 6.45) is 1.69. The van der Waals surface area contributed by atoms with Crippen molar-refractivity contribution in [2.75, 3.05) is 0 Å². The van der Waals surface area contributed by atoms with E-state index in [1.54, 1.807) is 12.3 Å². The van der Waals surface area contributed by atoms with Crippen LogP contribution in [0.1, 0.15) is 31.5 Å². The van der Waals surface area contributed by atoms with Gasteiger partial charge >= 0.3 is 0 Å². The molecule has 2 aromatic heterocycles. The molecule has 0 atom stereocenters. The second kappa shape index (κ2) is 5.36. The van der Waals surface area contributed by atoms with Crippen molar-refractivity contribution in [1.82, 2.24) is 14.7 Å². The van der Waals surface area contributed by atoms with Crippen LogP contribution in [0.3, 0.4) is 0 Å². The minimum atomic E-state index is -0.137. The zero-order valence-electron chi connectivity index (χ0n) is 9.85. The van der Waals surface area contributed by atoms with Gasteiger partial charge in [-0.3, -0.25) is 4.79 Å². The van der Waals surface area contributed by atoms with Gasteiger partial charge in [0.05, 0.1) is 4.47 Å². The van der Waals surface area contributed by atoms with E-state index in [1.807, 2.05) is 13.8 Å². The lowest BCUT2D eigenvalue weighted by atomic mass is 10.2. The summed E-state index contributed by atoms with van der Waals surface area (Å²) in [5, 5.41) is 3.86. The van der Waals surface area contributed by atoms with E-state index in [1.165, 1.54) is 4.57 Å². The fourth-order valence-electron chi connectivity index (χ4n) is 1.39. The lowest BCUT2D eigenvalue weighted by Gasteiger charge is -2.03. The fraction of sp³-hybridized carbons (Fsp3) is 0.364. The maximum absolute atomic E-state index is 11.9. The van der Waals surface area contributed by atoms with Gasteiger partial charge in [-0.1, -0.05) is 19.0 Å². The first kappa shape index (κ1) is 13.5. The lowest BCUT2D eigenvalue weighted by Crippen LogP contribution is -2.20. The summed E-state index contributed by atoms with van der Waals surface area (Å²) in [7, 11) is 0. The molecule has 0 aliphatic carbocycles. The van der Waals surface area contributed by atoms with Crippen LogP contribution >= 0.6 is 31.9 Å². The summed E-state index contributed by atoms with van der Waals surface area (Å²) in [6.45, 7) is 4.23. The third kappa shape index (κ3) is 2.89. The van der Waals surface area contributed by atoms with Gasteiger partial charge in [-0.05, 0) is 37.9 Å². The standard InChI is InChI=1S/C11H11Br2N3O2/c1-6(2)10-14-9(18-15-10)5-16-4-7(12)3-8(13)11(16)17/h3-4,6H,5H2,1-2H3. The molecule has 0 aliphatic heterocycles. The van der Waals surface area contributed by atoms with E-state index in [2.05, 4.69) is 42.0 Å². The largest absolute Gasteiger partial charge is 0.337 e. The average molecular weight is 377 g/mol. The molecule has 18 heavy (non-hydrogen) atoms. The topological polar surface area (TPSA) is 60.9 Å². The number of rotatable bonds is 3. The molecule has 0 saturated heterocycles. The Balaban J connectivity index is 2.31. The van der Waals surface area contributed by atoms with E-state index in [-0.39, 0.29) is 18.0 Å². The van der Waals surface area contributed by atoms with Crippen molar-refractivity contribution in [3.8, 4) is 0 Å². The molecule has 2 rings (SSSR count). The highest BCUT2D eigenvalue weighted by Crippen LogP contribution is 2.14. The number of halogens is 2. The van der Waals surface area contributed by atoms with Crippen LogP contribution in [0.25, 0.3) is 0 Å². The molecular formula is C11H11Br2N3O2. The molecular weight excluding hydrogens is 366 g/mol. The molecule has 0 amide bonds. The van der Waals surface area contributed by atoms with Gasteiger partial charge in [0.25, 0.3) is 5.56 Å². The highest BCUT2D eigenvalue weighted by molar-refractivity contribution is 9.11. The Labute approximate surface area is 120 Å². The second-order valence-electron chi connectivity index (χ2n) is 4.14. The van der Waals surface area contributed by atoms with E-state index in [0.717, 1.165) is 4.47 Å². The highest BCUT2D eigenvalue weighted by atomic mass is 79.9. The van der Waals surface area contributed by atoms with Gasteiger partial charge in [-0.2, -0.15) is 4.98 Å². The van der Waals surface area contributed by atoms with E-state index in [0.29, 0.717) is 16.2 Å². The minimum Gasteiger partial charge on any atom is -0.337 e. The van der Waals surface area contributed by atoms with Crippen molar-refractivity contribution in [2.24, 2.45) is 0 Å². The molecule has 0 spiro atoms. The summed E-state index contributed by atoms with van der Waals surface area (Å²) >= 11 is 6.54. The Kier molecular flexibility index (Phi) is 4.01. The fourth-order valence-corrected chi connectivity index (χ4v) is 2.65. The van der Waals surface area contributed by atoms with E-state index in [9.17, 15) is 4.79 Å². The zero-order chi connectivity index (χ0) is 13.3. The molecule has 96 valence electrons. The van der Waals surface area contributed by atoms with Crippen molar-refractivity contribution < 1.29 is 4.52 Å². The van der Waals surface area contributed by atoms with Crippen molar-refractivity contribution in [1.29, 1.82) is 0 Å². The molecule has 0 unspecified atom stereocenters. The van der Waals surface area contributed by atoms with Crippen LogP contribution in [0.15, 0.2) is 30.5 Å². The molecule has 0 bridgehead atoms. The molecule has 0 aliphatic rings. The first-order valence-electron chi connectivity index (χ1n) is 5.35. The molecule has 2 heterocycles. The molecule has 7 heteroatoms. The minimum absolute atomic E-state index is 0.137. The van der Waals surface area contributed by atoms with E-state index < -0.39 is 0 Å². The smallest absolute Gasteiger partial charge is 0.265 e. The van der Waals surface area contributed by atoms with E-state index >= 15 is 0 Å². The third-order valence-electron chi connectivity index (χ3n) is 2.31. The van der Waals surface area contributed by atoms with Gasteiger partial charge in [-0.25, -0.2) is 0 Å². The van der Waals surface area contributed by atoms with Gasteiger partial charge < -0.3 is 9.09 Å². The summed E-state index contributed by atoms with van der Waals surface area (Å²) < 4.78 is 7.91. The SMILES string of the molecule is CC(C)c1noc(Cn2cc(Br)cc(Br)c2=O)n1. The summed E-state index contributed by atoms with van der Waals surface area (Å²) in [6, 6.07) is 1.70. The van der Waals surface area contributed by atoms with Crippen LogP contribution in [0.4, 0.5) is 0 Å². The van der Waals surface area contributed by atoms with Crippen molar-refractivity contribution in [3.05, 3.63) is 43.3 Å². The second-order valence-corrected chi connectivity index (χ2v) is 5.91. The number of hydrogen-bond acceptors (Lipinski definition) is 4. The molecule has 0 fully saturated rings. The Hall–Kier alpha value is -0.950. The Morgan fingerprint density at radius 1 is 1.44 bits per heavy atom. The van der Waals surface area contributed by atoms with Crippen LogP contribution < -0.4 is 5.56 Å². The first-order valence-corrected chi connectivity index (χ1v) is 6.94. The Bertz CT molecular complexity index is 619. The van der Waals surface area contributed by atoms with Crippen LogP contribution in [0, 0.1) is 0 Å². The molecule has 0 N–H and O–H groups in total. The maximum Gasteiger partial charge on any atom is 0.265 e. The normalized spacial score (nSPS) is 11.2. The predicted octanol–water partition coefficient (Wildman–Crippen LogP) is 2.93. The average Bonchev–Trinajstić information content (AvgIpc) is 2.74. The van der Waals surface area contributed by atoms with Crippen LogP contribution in [0.2, 0.25) is 0 Å². The van der Waals surface area contributed by atoms with Crippen LogP contribution in [0.5, 0.6) is 0 Å². The van der Waals surface area contributed by atoms with Crippen molar-refractivity contribution in [3.63, 3.8) is 0 Å². The molecule has 0 saturated carbocycles. The molecule has 5 nitrogen and oxygen atoms in total. The van der Waals surface area contributed by atoms with Gasteiger partial charge in [0.2, 0.25) is 5.89 Å². The number of hydrogen-bond donors (Lipinski definition) is 0. The molecule has 0 aromatic carbocycles. The summed E-state index contributed by atoms with van der Waals surface area (Å²) in [4.78, 5) is 16.1. The first-order chi connectivity index (χ1) is 8.47. The molecule has 2 aromatic rings. The third-order valence-corrected chi connectivity index (χ3v) is 3.32. The lowest BCUT2D eigenvalue weighted by molar-refractivity contribution is 0.363. The van der Waals surface area contributed by atoms with E-state index in [4.69, 9.17) is 4.52 Å². The maximum atomic E-state index is 11.9. The Morgan fingerprint density at radius 3 is 2.78 bits per heavy atom. The van der Waals surface area contributed by atoms with Crippen LogP contribution in [-0.4, -0.2) is 14.7 Å². The van der Waals surface area contributed by atoms with Gasteiger partial charge in [-0.15, -0.1) is 0 Å². The monoisotopic (exact) mass is 375 g/mol. The van der Waals surface area contributed by atoms with Crippen LogP contribution in [-0.2, 0) is 6.54 Å². The quantitative estimate of drug-likeness (QED) is 0.826. The van der Waals surface area contributed by atoms with Crippen molar-refractivity contribution >= 4 is 31.9 Å². The van der Waals surface area contributed by atoms with Gasteiger partial charge in [0.15, 0.2) is 5.82 Å².